The largest absolute Gasteiger partial charge is 0.327 e. The number of benzene rings is 1. The van der Waals surface area contributed by atoms with Crippen molar-refractivity contribution < 1.29 is 4.39 Å². The van der Waals surface area contributed by atoms with Gasteiger partial charge in [0.25, 0.3) is 0 Å². The van der Waals surface area contributed by atoms with Crippen LogP contribution in [0, 0.1) is 23.6 Å². The van der Waals surface area contributed by atoms with Crippen molar-refractivity contribution in [2.75, 3.05) is 0 Å². The third-order valence-electron chi connectivity index (χ3n) is 4.74. The van der Waals surface area contributed by atoms with Crippen LogP contribution in [0.3, 0.4) is 0 Å². The molecule has 3 heteroatoms. The Hall–Kier alpha value is -0.410. The predicted octanol–water partition coefficient (Wildman–Crippen LogP) is 3.89. The van der Waals surface area contributed by atoms with Gasteiger partial charge >= 0.3 is 0 Å². The summed E-state index contributed by atoms with van der Waals surface area (Å²) in [5, 5.41) is 0. The third-order valence-corrected chi connectivity index (χ3v) is 5.19. The minimum atomic E-state index is -0.181. The van der Waals surface area contributed by atoms with E-state index in [1.165, 1.54) is 31.7 Å². The molecule has 1 nitrogen and oxygen atoms in total. The van der Waals surface area contributed by atoms with Gasteiger partial charge in [0, 0.05) is 10.5 Å². The summed E-state index contributed by atoms with van der Waals surface area (Å²) in [6, 6.07) is 5.27. The predicted molar refractivity (Wildman–Crippen MR) is 74.7 cm³/mol. The maximum atomic E-state index is 13.3. The Morgan fingerprint density at radius 2 is 2.11 bits per heavy atom. The van der Waals surface area contributed by atoms with Gasteiger partial charge in [-0.1, -0.05) is 22.4 Å². The Labute approximate surface area is 116 Å². The van der Waals surface area contributed by atoms with E-state index in [4.69, 9.17) is 5.73 Å². The number of hydrogen-bond donors (Lipinski definition) is 1. The highest BCUT2D eigenvalue weighted by Crippen LogP contribution is 2.49. The topological polar surface area (TPSA) is 26.0 Å². The molecule has 2 saturated carbocycles. The zero-order valence-electron chi connectivity index (χ0n) is 10.4. The summed E-state index contributed by atoms with van der Waals surface area (Å²) in [7, 11) is 0. The van der Waals surface area contributed by atoms with Gasteiger partial charge in [-0.15, -0.1) is 0 Å². The van der Waals surface area contributed by atoms with Gasteiger partial charge in [-0.25, -0.2) is 4.39 Å². The van der Waals surface area contributed by atoms with Gasteiger partial charge in [-0.05, 0) is 67.2 Å². The lowest BCUT2D eigenvalue weighted by Crippen LogP contribution is -2.35. The van der Waals surface area contributed by atoms with Crippen molar-refractivity contribution in [3.63, 3.8) is 0 Å². The van der Waals surface area contributed by atoms with Crippen molar-refractivity contribution in [2.45, 2.75) is 38.1 Å². The number of halogens is 2. The van der Waals surface area contributed by atoms with Gasteiger partial charge < -0.3 is 5.73 Å². The van der Waals surface area contributed by atoms with E-state index < -0.39 is 0 Å². The van der Waals surface area contributed by atoms with E-state index in [9.17, 15) is 4.39 Å². The smallest absolute Gasteiger partial charge is 0.124 e. The average Bonchev–Trinajstić information content (AvgIpc) is 2.88. The molecule has 4 unspecified atom stereocenters. The molecule has 0 radical (unpaired) electrons. The Kier molecular flexibility index (Phi) is 3.46. The zero-order valence-corrected chi connectivity index (χ0v) is 12.0. The van der Waals surface area contributed by atoms with Crippen LogP contribution in [0.1, 0.15) is 31.2 Å². The molecule has 2 fully saturated rings. The monoisotopic (exact) mass is 311 g/mol. The van der Waals surface area contributed by atoms with Crippen molar-refractivity contribution in [1.82, 2.24) is 0 Å². The fraction of sp³-hybridized carbons (Fsp3) is 0.600. The molecular formula is C15H19BrFN. The van der Waals surface area contributed by atoms with Crippen LogP contribution >= 0.6 is 15.9 Å². The molecule has 4 atom stereocenters. The highest BCUT2D eigenvalue weighted by Gasteiger charge is 2.41. The van der Waals surface area contributed by atoms with Crippen LogP contribution in [0.25, 0.3) is 0 Å². The van der Waals surface area contributed by atoms with Gasteiger partial charge in [-0.2, -0.15) is 0 Å². The first-order valence-corrected chi connectivity index (χ1v) is 7.61. The minimum absolute atomic E-state index is 0.181. The summed E-state index contributed by atoms with van der Waals surface area (Å²) >= 11 is 3.34. The van der Waals surface area contributed by atoms with Gasteiger partial charge in [-0.3, -0.25) is 0 Å². The molecule has 0 aliphatic heterocycles. The number of rotatable bonds is 3. The van der Waals surface area contributed by atoms with Crippen molar-refractivity contribution in [1.29, 1.82) is 0 Å². The summed E-state index contributed by atoms with van der Waals surface area (Å²) in [4.78, 5) is 0. The van der Waals surface area contributed by atoms with Crippen molar-refractivity contribution in [3.05, 3.63) is 34.1 Å². The number of nitrogens with two attached hydrogens (primary N) is 1. The Morgan fingerprint density at radius 3 is 2.72 bits per heavy atom. The molecular weight excluding hydrogens is 293 g/mol. The highest BCUT2D eigenvalue weighted by atomic mass is 79.9. The Balaban J connectivity index is 1.68. The molecule has 1 aromatic carbocycles. The van der Waals surface area contributed by atoms with Crippen LogP contribution in [-0.4, -0.2) is 6.04 Å². The van der Waals surface area contributed by atoms with Crippen LogP contribution in [0.5, 0.6) is 0 Å². The number of fused-ring (bicyclic) bond motifs is 2. The van der Waals surface area contributed by atoms with Crippen LogP contribution in [-0.2, 0) is 6.42 Å². The molecule has 98 valence electrons. The maximum Gasteiger partial charge on any atom is 0.124 e. The van der Waals surface area contributed by atoms with Gasteiger partial charge in [0.2, 0.25) is 0 Å². The van der Waals surface area contributed by atoms with E-state index in [1.54, 1.807) is 6.07 Å². The Bertz CT molecular complexity index is 428. The van der Waals surface area contributed by atoms with Crippen LogP contribution < -0.4 is 5.73 Å². The molecule has 2 aliphatic rings. The second kappa shape index (κ2) is 4.93. The summed E-state index contributed by atoms with van der Waals surface area (Å²) in [6.07, 6.45) is 6.23. The molecule has 0 aromatic heterocycles. The first-order chi connectivity index (χ1) is 8.61. The van der Waals surface area contributed by atoms with Crippen LogP contribution in [0.2, 0.25) is 0 Å². The second-order valence-corrected chi connectivity index (χ2v) is 6.90. The van der Waals surface area contributed by atoms with E-state index in [0.717, 1.165) is 28.3 Å². The standard InChI is InChI=1S/C15H19BrFN/c16-12-4-10(5-13(17)8-12)7-15(18)14-6-9-1-2-11(14)3-9/h4-5,8-9,11,14-15H,1-3,6-7,18H2. The van der Waals surface area contributed by atoms with Gasteiger partial charge in [0.05, 0.1) is 0 Å². The van der Waals surface area contributed by atoms with Crippen LogP contribution in [0.15, 0.2) is 22.7 Å². The van der Waals surface area contributed by atoms with E-state index in [0.29, 0.717) is 5.92 Å². The fourth-order valence-corrected chi connectivity index (χ4v) is 4.48. The molecule has 3 rings (SSSR count). The first-order valence-electron chi connectivity index (χ1n) is 6.82. The lowest BCUT2D eigenvalue weighted by molar-refractivity contribution is 0.280. The summed E-state index contributed by atoms with van der Waals surface area (Å²) in [5.74, 6) is 2.23. The molecule has 0 saturated heterocycles. The average molecular weight is 312 g/mol. The first kappa shape index (κ1) is 12.6. The highest BCUT2D eigenvalue weighted by molar-refractivity contribution is 9.10. The van der Waals surface area contributed by atoms with Crippen molar-refractivity contribution in [3.8, 4) is 0 Å². The maximum absolute atomic E-state index is 13.3. The molecule has 18 heavy (non-hydrogen) atoms. The SMILES string of the molecule is NC(Cc1cc(F)cc(Br)c1)C1CC2CCC1C2. The minimum Gasteiger partial charge on any atom is -0.327 e. The van der Waals surface area contributed by atoms with Crippen LogP contribution in [0.4, 0.5) is 4.39 Å². The lowest BCUT2D eigenvalue weighted by Gasteiger charge is -2.27. The van der Waals surface area contributed by atoms with E-state index in [2.05, 4.69) is 15.9 Å². The second-order valence-electron chi connectivity index (χ2n) is 5.98. The fourth-order valence-electron chi connectivity index (χ4n) is 3.97. The third kappa shape index (κ3) is 2.48. The Morgan fingerprint density at radius 1 is 1.28 bits per heavy atom. The van der Waals surface area contributed by atoms with E-state index in [-0.39, 0.29) is 11.9 Å². The normalized spacial score (nSPS) is 31.8. The van der Waals surface area contributed by atoms with E-state index in [1.807, 2.05) is 6.07 Å². The van der Waals surface area contributed by atoms with Crippen molar-refractivity contribution >= 4 is 15.9 Å². The molecule has 2 bridgehead atoms. The summed E-state index contributed by atoms with van der Waals surface area (Å²) < 4.78 is 14.1. The molecule has 1 aromatic rings. The van der Waals surface area contributed by atoms with Crippen molar-refractivity contribution in [2.24, 2.45) is 23.5 Å². The molecule has 0 heterocycles. The molecule has 2 aliphatic carbocycles. The quantitative estimate of drug-likeness (QED) is 0.900. The number of hydrogen-bond acceptors (Lipinski definition) is 1. The van der Waals surface area contributed by atoms with E-state index >= 15 is 0 Å². The summed E-state index contributed by atoms with van der Waals surface area (Å²) in [6.45, 7) is 0. The lowest BCUT2D eigenvalue weighted by atomic mass is 9.81. The van der Waals surface area contributed by atoms with Gasteiger partial charge in [0.1, 0.15) is 5.82 Å². The molecule has 2 N–H and O–H groups in total. The molecule has 0 spiro atoms. The molecule has 0 amide bonds. The summed E-state index contributed by atoms with van der Waals surface area (Å²) in [5.41, 5.74) is 7.37. The van der Waals surface area contributed by atoms with Gasteiger partial charge in [0.15, 0.2) is 0 Å². The zero-order chi connectivity index (χ0) is 12.7.